The molecule has 1 aliphatic rings. The number of aromatic hydroxyl groups is 1. The number of sulfonamides is 1. The number of amides is 1. The van der Waals surface area contributed by atoms with Crippen LogP contribution in [0.5, 0.6) is 11.5 Å². The van der Waals surface area contributed by atoms with Crippen LogP contribution < -0.4 is 4.74 Å². The summed E-state index contributed by atoms with van der Waals surface area (Å²) >= 11 is 17.9. The molecule has 0 atom stereocenters. The Bertz CT molecular complexity index is 1170. The summed E-state index contributed by atoms with van der Waals surface area (Å²) in [6.07, 6.45) is 0. The standard InChI is InChI=1S/C18H16Cl3N3O7S/c1-31-14-3-2-10(8-13(14)24(27)28)32(29,30)23-6-4-22(5-7-23)18(26)15-16(21)11(19)9-12(20)17(15)25/h2-3,8-9,25H,4-7H2,1H3. The number of halogens is 3. The van der Waals surface area contributed by atoms with E-state index in [0.29, 0.717) is 0 Å². The Hall–Kier alpha value is -2.31. The number of piperazine rings is 1. The van der Waals surface area contributed by atoms with Crippen molar-refractivity contribution in [2.75, 3.05) is 33.3 Å². The van der Waals surface area contributed by atoms with E-state index in [-0.39, 0.29) is 57.5 Å². The number of carbonyl (C=O) groups is 1. The fraction of sp³-hybridized carbons (Fsp3) is 0.278. The number of nitrogens with zero attached hydrogens (tertiary/aromatic N) is 3. The molecule has 2 aromatic rings. The summed E-state index contributed by atoms with van der Waals surface area (Å²) in [6, 6.07) is 4.55. The summed E-state index contributed by atoms with van der Waals surface area (Å²) < 4.78 is 31.9. The zero-order valence-corrected chi connectivity index (χ0v) is 19.5. The summed E-state index contributed by atoms with van der Waals surface area (Å²) in [7, 11) is -2.83. The molecule has 0 aromatic heterocycles. The third kappa shape index (κ3) is 4.44. The normalized spacial score (nSPS) is 14.9. The van der Waals surface area contributed by atoms with Gasteiger partial charge in [0.1, 0.15) is 11.3 Å². The fourth-order valence-corrected chi connectivity index (χ4v) is 5.32. The van der Waals surface area contributed by atoms with Gasteiger partial charge in [0, 0.05) is 32.2 Å². The van der Waals surface area contributed by atoms with E-state index >= 15 is 0 Å². The van der Waals surface area contributed by atoms with Crippen molar-refractivity contribution in [2.24, 2.45) is 0 Å². The van der Waals surface area contributed by atoms with Gasteiger partial charge in [-0.2, -0.15) is 4.31 Å². The molecule has 14 heteroatoms. The van der Waals surface area contributed by atoms with Gasteiger partial charge < -0.3 is 14.7 Å². The molecule has 0 spiro atoms. The third-order valence-electron chi connectivity index (χ3n) is 4.87. The first-order chi connectivity index (χ1) is 15.0. The van der Waals surface area contributed by atoms with Crippen LogP contribution in [0.3, 0.4) is 0 Å². The molecule has 172 valence electrons. The van der Waals surface area contributed by atoms with Crippen LogP contribution in [-0.4, -0.2) is 66.8 Å². The van der Waals surface area contributed by atoms with E-state index in [0.717, 1.165) is 10.4 Å². The van der Waals surface area contributed by atoms with Gasteiger partial charge in [-0.3, -0.25) is 14.9 Å². The summed E-state index contributed by atoms with van der Waals surface area (Å²) in [5.41, 5.74) is -0.753. The molecule has 2 aromatic carbocycles. The zero-order valence-electron chi connectivity index (χ0n) is 16.4. The van der Waals surface area contributed by atoms with E-state index in [1.165, 1.54) is 30.2 Å². The predicted molar refractivity (Wildman–Crippen MR) is 117 cm³/mol. The number of nitro groups is 1. The Balaban J connectivity index is 1.81. The molecule has 10 nitrogen and oxygen atoms in total. The summed E-state index contributed by atoms with van der Waals surface area (Å²) in [5.74, 6) is -1.25. The Morgan fingerprint density at radius 2 is 1.75 bits per heavy atom. The second kappa shape index (κ2) is 9.28. The quantitative estimate of drug-likeness (QED) is 0.360. The van der Waals surface area contributed by atoms with Crippen molar-refractivity contribution in [3.8, 4) is 11.5 Å². The van der Waals surface area contributed by atoms with Crippen LogP contribution in [0.4, 0.5) is 5.69 Å². The highest BCUT2D eigenvalue weighted by Crippen LogP contribution is 2.39. The highest BCUT2D eigenvalue weighted by molar-refractivity contribution is 7.89. The van der Waals surface area contributed by atoms with Gasteiger partial charge in [-0.05, 0) is 18.2 Å². The SMILES string of the molecule is COc1ccc(S(=O)(=O)N2CCN(C(=O)c3c(O)c(Cl)cc(Cl)c3Cl)CC2)cc1[N+](=O)[O-]. The molecule has 1 N–H and O–H groups in total. The van der Waals surface area contributed by atoms with Crippen LogP contribution >= 0.6 is 34.8 Å². The summed E-state index contributed by atoms with van der Waals surface area (Å²) in [4.78, 5) is 24.4. The topological polar surface area (TPSA) is 130 Å². The lowest BCUT2D eigenvalue weighted by Gasteiger charge is -2.34. The Kier molecular flexibility index (Phi) is 7.06. The van der Waals surface area contributed by atoms with Crippen LogP contribution in [0.15, 0.2) is 29.2 Å². The molecule has 0 radical (unpaired) electrons. The summed E-state index contributed by atoms with van der Waals surface area (Å²) in [6.45, 7) is -0.201. The Morgan fingerprint density at radius 1 is 1.12 bits per heavy atom. The second-order valence-electron chi connectivity index (χ2n) is 6.66. The molecule has 1 amide bonds. The lowest BCUT2D eigenvalue weighted by molar-refractivity contribution is -0.386. The molecule has 0 saturated carbocycles. The summed E-state index contributed by atoms with van der Waals surface area (Å²) in [5, 5.41) is 21.0. The van der Waals surface area contributed by atoms with Crippen molar-refractivity contribution in [1.29, 1.82) is 0 Å². The number of phenols is 1. The van der Waals surface area contributed by atoms with E-state index in [1.54, 1.807) is 0 Å². The molecule has 0 aliphatic carbocycles. The number of rotatable bonds is 5. The van der Waals surface area contributed by atoms with Crippen molar-refractivity contribution < 1.29 is 28.0 Å². The highest BCUT2D eigenvalue weighted by atomic mass is 35.5. The van der Waals surface area contributed by atoms with E-state index in [1.807, 2.05) is 0 Å². The lowest BCUT2D eigenvalue weighted by atomic mass is 10.1. The van der Waals surface area contributed by atoms with Crippen LogP contribution in [0.2, 0.25) is 15.1 Å². The number of nitro benzene ring substituents is 1. The van der Waals surface area contributed by atoms with Crippen molar-refractivity contribution in [3.63, 3.8) is 0 Å². The average molecular weight is 525 g/mol. The first-order valence-electron chi connectivity index (χ1n) is 8.97. The minimum absolute atomic E-state index is 0.0138. The number of hydrogen-bond donors (Lipinski definition) is 1. The van der Waals surface area contributed by atoms with Crippen LogP contribution in [0, 0.1) is 10.1 Å². The van der Waals surface area contributed by atoms with Gasteiger partial charge in [-0.25, -0.2) is 8.42 Å². The first kappa shape index (κ1) is 24.3. The molecule has 1 heterocycles. The number of ether oxygens (including phenoxy) is 1. The van der Waals surface area contributed by atoms with Gasteiger partial charge in [0.05, 0.1) is 32.0 Å². The molecule has 32 heavy (non-hydrogen) atoms. The minimum Gasteiger partial charge on any atom is -0.505 e. The zero-order chi connectivity index (χ0) is 23.8. The van der Waals surface area contributed by atoms with Gasteiger partial charge in [0.25, 0.3) is 5.91 Å². The maximum Gasteiger partial charge on any atom is 0.312 e. The van der Waals surface area contributed by atoms with Crippen molar-refractivity contribution in [2.45, 2.75) is 4.90 Å². The smallest absolute Gasteiger partial charge is 0.312 e. The minimum atomic E-state index is -4.07. The molecule has 1 fully saturated rings. The molecule has 3 rings (SSSR count). The number of hydrogen-bond acceptors (Lipinski definition) is 7. The van der Waals surface area contributed by atoms with Crippen molar-refractivity contribution >= 4 is 56.4 Å². The number of benzene rings is 2. The van der Waals surface area contributed by atoms with Crippen LogP contribution in [0.25, 0.3) is 0 Å². The molecular formula is C18H16Cl3N3O7S. The number of methoxy groups -OCH3 is 1. The lowest BCUT2D eigenvalue weighted by Crippen LogP contribution is -2.50. The number of phenolic OH excluding ortho intramolecular Hbond substituents is 1. The molecule has 1 saturated heterocycles. The Morgan fingerprint density at radius 3 is 2.31 bits per heavy atom. The maximum atomic E-state index is 13.0. The van der Waals surface area contributed by atoms with Gasteiger partial charge in [-0.1, -0.05) is 34.8 Å². The van der Waals surface area contributed by atoms with E-state index in [2.05, 4.69) is 0 Å². The maximum absolute atomic E-state index is 13.0. The Labute approximate surface area is 198 Å². The third-order valence-corrected chi connectivity index (χ3v) is 7.84. The predicted octanol–water partition coefficient (Wildman–Crippen LogP) is 3.42. The van der Waals surface area contributed by atoms with Gasteiger partial charge in [0.15, 0.2) is 5.75 Å². The van der Waals surface area contributed by atoms with Crippen molar-refractivity contribution in [1.82, 2.24) is 9.21 Å². The molecule has 0 bridgehead atoms. The van der Waals surface area contributed by atoms with Crippen molar-refractivity contribution in [3.05, 3.63) is 55.0 Å². The van der Waals surface area contributed by atoms with E-state index in [4.69, 9.17) is 39.5 Å². The van der Waals surface area contributed by atoms with E-state index < -0.39 is 32.3 Å². The first-order valence-corrected chi connectivity index (χ1v) is 11.5. The molecule has 1 aliphatic heterocycles. The highest BCUT2D eigenvalue weighted by Gasteiger charge is 2.34. The molecule has 0 unspecified atom stereocenters. The number of carbonyl (C=O) groups excluding carboxylic acids is 1. The van der Waals surface area contributed by atoms with Gasteiger partial charge >= 0.3 is 5.69 Å². The largest absolute Gasteiger partial charge is 0.505 e. The van der Waals surface area contributed by atoms with E-state index in [9.17, 15) is 28.4 Å². The molecular weight excluding hydrogens is 509 g/mol. The van der Waals surface area contributed by atoms with Crippen LogP contribution in [-0.2, 0) is 10.0 Å². The average Bonchev–Trinajstić information content (AvgIpc) is 2.77. The fourth-order valence-electron chi connectivity index (χ4n) is 3.19. The van der Waals surface area contributed by atoms with Gasteiger partial charge in [0.2, 0.25) is 10.0 Å². The van der Waals surface area contributed by atoms with Gasteiger partial charge in [-0.15, -0.1) is 0 Å². The van der Waals surface area contributed by atoms with Crippen LogP contribution in [0.1, 0.15) is 10.4 Å². The monoisotopic (exact) mass is 523 g/mol. The second-order valence-corrected chi connectivity index (χ2v) is 9.80.